The van der Waals surface area contributed by atoms with Crippen molar-refractivity contribution in [1.29, 1.82) is 0 Å². The Morgan fingerprint density at radius 1 is 1.48 bits per heavy atom. The van der Waals surface area contributed by atoms with Gasteiger partial charge in [-0.25, -0.2) is 9.78 Å². The maximum absolute atomic E-state index is 12.1. The molecule has 0 spiro atoms. The molecule has 2 N–H and O–H groups in total. The zero-order chi connectivity index (χ0) is 16.8. The van der Waals surface area contributed by atoms with E-state index >= 15 is 0 Å². The van der Waals surface area contributed by atoms with Gasteiger partial charge in [0.25, 0.3) is 0 Å². The van der Waals surface area contributed by atoms with Crippen LogP contribution in [0.4, 0.5) is 0 Å². The molecule has 7 heteroatoms. The molecule has 0 aromatic carbocycles. The number of amides is 1. The third-order valence-corrected chi connectivity index (χ3v) is 4.15. The third kappa shape index (κ3) is 4.66. The second-order valence-corrected chi connectivity index (χ2v) is 6.09. The summed E-state index contributed by atoms with van der Waals surface area (Å²) in [5.41, 5.74) is 1.40. The summed E-state index contributed by atoms with van der Waals surface area (Å²) in [7, 11) is 0. The Hall–Kier alpha value is -2.15. The first-order valence-corrected chi connectivity index (χ1v) is 8.46. The first-order valence-electron chi connectivity index (χ1n) is 7.52. The summed E-state index contributed by atoms with van der Waals surface area (Å²) in [6.07, 6.45) is 2.07. The van der Waals surface area contributed by atoms with Crippen LogP contribution in [0.1, 0.15) is 37.6 Å². The lowest BCUT2D eigenvalue weighted by Crippen LogP contribution is -2.41. The van der Waals surface area contributed by atoms with Crippen molar-refractivity contribution in [2.75, 3.05) is 0 Å². The number of rotatable bonds is 8. The SMILES string of the molecule is CCCC[C@H](NC(=O)Cc1nc(-c2ccsc2)oc1C)C(=O)O. The number of aromatic nitrogens is 1. The molecule has 0 aliphatic heterocycles. The monoisotopic (exact) mass is 336 g/mol. The van der Waals surface area contributed by atoms with Gasteiger partial charge in [0, 0.05) is 10.9 Å². The molecule has 0 aliphatic rings. The lowest BCUT2D eigenvalue weighted by molar-refractivity contribution is -0.142. The maximum Gasteiger partial charge on any atom is 0.326 e. The minimum atomic E-state index is -1.01. The van der Waals surface area contributed by atoms with E-state index in [1.807, 2.05) is 23.8 Å². The molecule has 0 aliphatic carbocycles. The predicted molar refractivity (Wildman–Crippen MR) is 87.3 cm³/mol. The molecule has 0 unspecified atom stereocenters. The van der Waals surface area contributed by atoms with Crippen LogP contribution in [0.3, 0.4) is 0 Å². The van der Waals surface area contributed by atoms with E-state index in [0.29, 0.717) is 23.8 Å². The van der Waals surface area contributed by atoms with Gasteiger partial charge in [0.1, 0.15) is 11.8 Å². The molecular weight excluding hydrogens is 316 g/mol. The highest BCUT2D eigenvalue weighted by Crippen LogP contribution is 2.24. The number of hydrogen-bond donors (Lipinski definition) is 2. The Balaban J connectivity index is 2.01. The van der Waals surface area contributed by atoms with Gasteiger partial charge >= 0.3 is 5.97 Å². The number of aliphatic carboxylic acids is 1. The van der Waals surface area contributed by atoms with Crippen molar-refractivity contribution in [2.45, 2.75) is 45.6 Å². The Labute approximate surface area is 138 Å². The van der Waals surface area contributed by atoms with Gasteiger partial charge < -0.3 is 14.8 Å². The summed E-state index contributed by atoms with van der Waals surface area (Å²) in [6.45, 7) is 3.72. The number of aryl methyl sites for hydroxylation is 1. The van der Waals surface area contributed by atoms with Gasteiger partial charge in [0.05, 0.1) is 12.1 Å². The molecular formula is C16H20N2O4S. The summed E-state index contributed by atoms with van der Waals surface area (Å²) in [5, 5.41) is 15.5. The fourth-order valence-corrected chi connectivity index (χ4v) is 2.79. The fourth-order valence-electron chi connectivity index (χ4n) is 2.16. The molecule has 2 heterocycles. The highest BCUT2D eigenvalue weighted by atomic mass is 32.1. The van der Waals surface area contributed by atoms with E-state index in [1.165, 1.54) is 11.3 Å². The minimum absolute atomic E-state index is 0.00930. The number of thiophene rings is 1. The van der Waals surface area contributed by atoms with Crippen LogP contribution in [-0.2, 0) is 16.0 Å². The van der Waals surface area contributed by atoms with Crippen molar-refractivity contribution in [3.05, 3.63) is 28.3 Å². The van der Waals surface area contributed by atoms with Crippen LogP contribution in [0.2, 0.25) is 0 Å². The number of carboxylic acid groups (broad SMARTS) is 1. The molecule has 124 valence electrons. The lowest BCUT2D eigenvalue weighted by Gasteiger charge is -2.13. The minimum Gasteiger partial charge on any atom is -0.480 e. The highest BCUT2D eigenvalue weighted by Gasteiger charge is 2.21. The van der Waals surface area contributed by atoms with Gasteiger partial charge in [-0.05, 0) is 24.8 Å². The molecule has 0 radical (unpaired) electrons. The Bertz CT molecular complexity index is 664. The summed E-state index contributed by atoms with van der Waals surface area (Å²) < 4.78 is 5.58. The van der Waals surface area contributed by atoms with Crippen molar-refractivity contribution < 1.29 is 19.1 Å². The van der Waals surface area contributed by atoms with E-state index in [-0.39, 0.29) is 12.3 Å². The summed E-state index contributed by atoms with van der Waals surface area (Å²) in [5.74, 6) is -0.321. The van der Waals surface area contributed by atoms with E-state index in [4.69, 9.17) is 9.52 Å². The van der Waals surface area contributed by atoms with Gasteiger partial charge in [-0.2, -0.15) is 11.3 Å². The Morgan fingerprint density at radius 2 is 2.26 bits per heavy atom. The van der Waals surface area contributed by atoms with E-state index in [9.17, 15) is 9.59 Å². The van der Waals surface area contributed by atoms with Crippen molar-refractivity contribution in [3.8, 4) is 11.5 Å². The van der Waals surface area contributed by atoms with Gasteiger partial charge in [-0.3, -0.25) is 4.79 Å². The first kappa shape index (κ1) is 17.2. The van der Waals surface area contributed by atoms with Crippen LogP contribution in [0.5, 0.6) is 0 Å². The van der Waals surface area contributed by atoms with Crippen LogP contribution in [0.25, 0.3) is 11.5 Å². The van der Waals surface area contributed by atoms with Crippen molar-refractivity contribution in [2.24, 2.45) is 0 Å². The second-order valence-electron chi connectivity index (χ2n) is 5.31. The van der Waals surface area contributed by atoms with Crippen molar-refractivity contribution >= 4 is 23.2 Å². The number of nitrogens with one attached hydrogen (secondary N) is 1. The zero-order valence-electron chi connectivity index (χ0n) is 13.2. The summed E-state index contributed by atoms with van der Waals surface area (Å²) in [6, 6.07) is 1.04. The molecule has 0 fully saturated rings. The topological polar surface area (TPSA) is 92.4 Å². The van der Waals surface area contributed by atoms with Crippen LogP contribution in [0, 0.1) is 6.92 Å². The molecule has 0 saturated carbocycles. The number of unbranched alkanes of at least 4 members (excludes halogenated alkanes) is 1. The van der Waals surface area contributed by atoms with E-state index in [1.54, 1.807) is 6.92 Å². The number of oxazole rings is 1. The van der Waals surface area contributed by atoms with Gasteiger partial charge in [0.2, 0.25) is 11.8 Å². The molecule has 2 rings (SSSR count). The molecule has 2 aromatic rings. The fraction of sp³-hybridized carbons (Fsp3) is 0.438. The number of nitrogens with zero attached hydrogens (tertiary/aromatic N) is 1. The second kappa shape index (κ2) is 7.92. The molecule has 0 bridgehead atoms. The number of hydrogen-bond acceptors (Lipinski definition) is 5. The van der Waals surface area contributed by atoms with Crippen molar-refractivity contribution in [1.82, 2.24) is 10.3 Å². The van der Waals surface area contributed by atoms with E-state index in [2.05, 4.69) is 10.3 Å². The standard InChI is InChI=1S/C16H20N2O4S/c1-3-4-5-12(16(20)21)17-14(19)8-13-10(2)22-15(18-13)11-6-7-23-9-11/h6-7,9,12H,3-5,8H2,1-2H3,(H,17,19)(H,20,21)/t12-/m0/s1. The molecule has 6 nitrogen and oxygen atoms in total. The quantitative estimate of drug-likeness (QED) is 0.773. The molecule has 23 heavy (non-hydrogen) atoms. The van der Waals surface area contributed by atoms with Gasteiger partial charge in [-0.1, -0.05) is 19.8 Å². The predicted octanol–water partition coefficient (Wildman–Crippen LogP) is 3.01. The van der Waals surface area contributed by atoms with E-state index < -0.39 is 12.0 Å². The molecule has 1 atom stereocenters. The van der Waals surface area contributed by atoms with Crippen LogP contribution < -0.4 is 5.32 Å². The highest BCUT2D eigenvalue weighted by molar-refractivity contribution is 7.08. The Morgan fingerprint density at radius 3 is 2.87 bits per heavy atom. The van der Waals surface area contributed by atoms with Crippen LogP contribution >= 0.6 is 11.3 Å². The van der Waals surface area contributed by atoms with Crippen molar-refractivity contribution in [3.63, 3.8) is 0 Å². The smallest absolute Gasteiger partial charge is 0.326 e. The largest absolute Gasteiger partial charge is 0.480 e. The number of carbonyl (C=O) groups excluding carboxylic acids is 1. The molecule has 2 aromatic heterocycles. The summed E-state index contributed by atoms with van der Waals surface area (Å²) >= 11 is 1.54. The Kier molecular flexibility index (Phi) is 5.92. The normalized spacial score (nSPS) is 12.1. The maximum atomic E-state index is 12.1. The van der Waals surface area contributed by atoms with Crippen LogP contribution in [-0.4, -0.2) is 28.0 Å². The first-order chi connectivity index (χ1) is 11.0. The average molecular weight is 336 g/mol. The zero-order valence-corrected chi connectivity index (χ0v) is 14.0. The van der Waals surface area contributed by atoms with Gasteiger partial charge in [0.15, 0.2) is 0 Å². The number of carbonyl (C=O) groups is 2. The molecule has 1 amide bonds. The van der Waals surface area contributed by atoms with E-state index in [0.717, 1.165) is 18.4 Å². The van der Waals surface area contributed by atoms with Gasteiger partial charge in [-0.15, -0.1) is 0 Å². The van der Waals surface area contributed by atoms with Crippen LogP contribution in [0.15, 0.2) is 21.2 Å². The molecule has 0 saturated heterocycles. The number of carboxylic acids is 1. The third-order valence-electron chi connectivity index (χ3n) is 3.47. The average Bonchev–Trinajstić information content (AvgIpc) is 3.13. The summed E-state index contributed by atoms with van der Waals surface area (Å²) in [4.78, 5) is 27.6. The lowest BCUT2D eigenvalue weighted by atomic mass is 10.1.